The highest BCUT2D eigenvalue weighted by Crippen LogP contribution is 2.31. The summed E-state index contributed by atoms with van der Waals surface area (Å²) in [7, 11) is -4.15. The van der Waals surface area contributed by atoms with E-state index in [1.807, 2.05) is 6.92 Å². The third kappa shape index (κ3) is 4.75. The number of amides is 2. The molecule has 170 valence electrons. The highest BCUT2D eigenvalue weighted by atomic mass is 79.9. The van der Waals surface area contributed by atoms with Gasteiger partial charge in [-0.05, 0) is 61.0 Å². The van der Waals surface area contributed by atoms with E-state index in [1.54, 1.807) is 36.4 Å². The molecule has 2 amide bonds. The Kier molecular flexibility index (Phi) is 6.47. The normalized spacial score (nSPS) is 16.6. The molecule has 1 fully saturated rings. The van der Waals surface area contributed by atoms with Crippen LogP contribution < -0.4 is 4.90 Å². The van der Waals surface area contributed by atoms with Gasteiger partial charge < -0.3 is 0 Å². The number of rotatable bonds is 6. The van der Waals surface area contributed by atoms with Crippen LogP contribution in [-0.4, -0.2) is 30.6 Å². The lowest BCUT2D eigenvalue weighted by molar-refractivity contribution is -0.122. The quantitative estimate of drug-likeness (QED) is 0.442. The first-order valence-electron chi connectivity index (χ1n) is 10.1. The summed E-state index contributed by atoms with van der Waals surface area (Å²) < 4.78 is 42.4. The van der Waals surface area contributed by atoms with Crippen LogP contribution in [0, 0.1) is 12.7 Å². The SMILES string of the molecule is Cc1ccc(S(=O)(=O)N(Cc2ccc(F)cc2)C2CC(=O)N(c3ccc(Br)cc3)C2=O)cc1. The van der Waals surface area contributed by atoms with Crippen LogP contribution in [-0.2, 0) is 26.2 Å². The minimum Gasteiger partial charge on any atom is -0.274 e. The molecule has 0 aliphatic carbocycles. The van der Waals surface area contributed by atoms with Crippen LogP contribution >= 0.6 is 15.9 Å². The molecule has 1 unspecified atom stereocenters. The van der Waals surface area contributed by atoms with Crippen molar-refractivity contribution in [2.75, 3.05) is 4.90 Å². The molecule has 1 saturated heterocycles. The van der Waals surface area contributed by atoms with Crippen LogP contribution in [0.15, 0.2) is 82.2 Å². The molecule has 1 aliphatic rings. The summed E-state index contributed by atoms with van der Waals surface area (Å²) in [5.74, 6) is -1.57. The van der Waals surface area contributed by atoms with E-state index < -0.39 is 33.7 Å². The fraction of sp³-hybridized carbons (Fsp3) is 0.167. The van der Waals surface area contributed by atoms with Gasteiger partial charge in [0.05, 0.1) is 17.0 Å². The van der Waals surface area contributed by atoms with Crippen LogP contribution in [0.3, 0.4) is 0 Å². The Morgan fingerprint density at radius 2 is 1.58 bits per heavy atom. The van der Waals surface area contributed by atoms with Gasteiger partial charge in [-0.1, -0.05) is 45.8 Å². The van der Waals surface area contributed by atoms with Crippen molar-refractivity contribution in [2.24, 2.45) is 0 Å². The van der Waals surface area contributed by atoms with Gasteiger partial charge in [0.2, 0.25) is 15.9 Å². The van der Waals surface area contributed by atoms with Crippen molar-refractivity contribution < 1.29 is 22.4 Å². The first kappa shape index (κ1) is 23.3. The summed E-state index contributed by atoms with van der Waals surface area (Å²) in [6, 6.07) is 17.0. The maximum absolute atomic E-state index is 13.6. The molecular formula is C24H20BrFN2O4S. The van der Waals surface area contributed by atoms with Crippen LogP contribution in [0.2, 0.25) is 0 Å². The lowest BCUT2D eigenvalue weighted by Gasteiger charge is -2.27. The third-order valence-corrected chi connectivity index (χ3v) is 7.83. The molecule has 1 heterocycles. The van der Waals surface area contributed by atoms with Crippen molar-refractivity contribution >= 4 is 43.5 Å². The highest BCUT2D eigenvalue weighted by molar-refractivity contribution is 9.10. The number of imide groups is 1. The summed E-state index contributed by atoms with van der Waals surface area (Å²) in [5, 5.41) is 0. The van der Waals surface area contributed by atoms with E-state index in [9.17, 15) is 22.4 Å². The van der Waals surface area contributed by atoms with Gasteiger partial charge in [-0.25, -0.2) is 17.7 Å². The Labute approximate surface area is 199 Å². The predicted molar refractivity (Wildman–Crippen MR) is 125 cm³/mol. The number of carbonyl (C=O) groups is 2. The molecule has 6 nitrogen and oxygen atoms in total. The number of hydrogen-bond donors (Lipinski definition) is 0. The molecule has 3 aromatic carbocycles. The smallest absolute Gasteiger partial charge is 0.252 e. The fourth-order valence-corrected chi connectivity index (χ4v) is 5.51. The second-order valence-electron chi connectivity index (χ2n) is 7.75. The minimum atomic E-state index is -4.15. The molecule has 1 aliphatic heterocycles. The maximum atomic E-state index is 13.6. The number of anilines is 1. The maximum Gasteiger partial charge on any atom is 0.252 e. The third-order valence-electron chi connectivity index (χ3n) is 5.43. The monoisotopic (exact) mass is 530 g/mol. The second-order valence-corrected chi connectivity index (χ2v) is 10.6. The number of aryl methyl sites for hydroxylation is 1. The van der Waals surface area contributed by atoms with Gasteiger partial charge >= 0.3 is 0 Å². The molecular weight excluding hydrogens is 511 g/mol. The van der Waals surface area contributed by atoms with E-state index in [0.29, 0.717) is 11.3 Å². The number of sulfonamides is 1. The standard InChI is InChI=1S/C24H20BrFN2O4S/c1-16-2-12-21(13-3-16)33(31,32)27(15-17-4-8-19(26)9-5-17)22-14-23(29)28(24(22)30)20-10-6-18(25)7-11-20/h2-13,22H,14-15H2,1H3. The number of hydrogen-bond acceptors (Lipinski definition) is 4. The van der Waals surface area contributed by atoms with E-state index in [4.69, 9.17) is 0 Å². The average Bonchev–Trinajstić information content (AvgIpc) is 3.07. The second kappa shape index (κ2) is 9.17. The van der Waals surface area contributed by atoms with E-state index in [0.717, 1.165) is 19.2 Å². The largest absolute Gasteiger partial charge is 0.274 e. The zero-order valence-corrected chi connectivity index (χ0v) is 20.0. The first-order valence-corrected chi connectivity index (χ1v) is 12.4. The Bertz CT molecular complexity index is 1290. The average molecular weight is 531 g/mol. The summed E-state index contributed by atoms with van der Waals surface area (Å²) in [6.07, 6.45) is -0.290. The fourth-order valence-electron chi connectivity index (χ4n) is 3.68. The molecule has 0 radical (unpaired) electrons. The molecule has 0 aromatic heterocycles. The van der Waals surface area contributed by atoms with Crippen LogP contribution in [0.5, 0.6) is 0 Å². The lowest BCUT2D eigenvalue weighted by atomic mass is 10.2. The van der Waals surface area contributed by atoms with Crippen molar-refractivity contribution in [2.45, 2.75) is 30.8 Å². The Morgan fingerprint density at radius 1 is 0.970 bits per heavy atom. The first-order chi connectivity index (χ1) is 15.7. The summed E-state index contributed by atoms with van der Waals surface area (Å²) >= 11 is 3.32. The van der Waals surface area contributed by atoms with Crippen molar-refractivity contribution in [1.29, 1.82) is 0 Å². The lowest BCUT2D eigenvalue weighted by Crippen LogP contribution is -2.45. The van der Waals surface area contributed by atoms with Gasteiger partial charge in [0.1, 0.15) is 11.9 Å². The van der Waals surface area contributed by atoms with E-state index >= 15 is 0 Å². The predicted octanol–water partition coefficient (Wildman–Crippen LogP) is 4.42. The molecule has 1 atom stereocenters. The van der Waals surface area contributed by atoms with Gasteiger partial charge in [0.25, 0.3) is 5.91 Å². The number of nitrogens with zero attached hydrogens (tertiary/aromatic N) is 2. The van der Waals surface area contributed by atoms with Crippen molar-refractivity contribution in [3.63, 3.8) is 0 Å². The van der Waals surface area contributed by atoms with E-state index in [2.05, 4.69) is 15.9 Å². The molecule has 3 aromatic rings. The van der Waals surface area contributed by atoms with Gasteiger partial charge in [-0.3, -0.25) is 9.59 Å². The zero-order valence-electron chi connectivity index (χ0n) is 17.6. The van der Waals surface area contributed by atoms with Crippen molar-refractivity contribution in [1.82, 2.24) is 4.31 Å². The summed E-state index contributed by atoms with van der Waals surface area (Å²) in [5.41, 5.74) is 1.74. The topological polar surface area (TPSA) is 74.8 Å². The van der Waals surface area contributed by atoms with Gasteiger partial charge in [0, 0.05) is 11.0 Å². The number of benzene rings is 3. The zero-order chi connectivity index (χ0) is 23.8. The minimum absolute atomic E-state index is 0.0116. The number of halogens is 2. The van der Waals surface area contributed by atoms with E-state index in [-0.39, 0.29) is 17.9 Å². The van der Waals surface area contributed by atoms with Gasteiger partial charge in [-0.2, -0.15) is 4.31 Å². The van der Waals surface area contributed by atoms with Crippen LogP contribution in [0.25, 0.3) is 0 Å². The van der Waals surface area contributed by atoms with E-state index in [1.165, 1.54) is 36.4 Å². The molecule has 0 bridgehead atoms. The molecule has 0 N–H and O–H groups in total. The Morgan fingerprint density at radius 3 is 2.18 bits per heavy atom. The Balaban J connectivity index is 1.74. The molecule has 33 heavy (non-hydrogen) atoms. The highest BCUT2D eigenvalue weighted by Gasteiger charge is 2.47. The Hall–Kier alpha value is -2.88. The summed E-state index contributed by atoms with van der Waals surface area (Å²) in [4.78, 5) is 27.2. The molecule has 0 saturated carbocycles. The number of carbonyl (C=O) groups excluding carboxylic acids is 2. The van der Waals surface area contributed by atoms with Crippen LogP contribution in [0.1, 0.15) is 17.5 Å². The van der Waals surface area contributed by atoms with Gasteiger partial charge in [0.15, 0.2) is 0 Å². The molecule has 0 spiro atoms. The summed E-state index contributed by atoms with van der Waals surface area (Å²) in [6.45, 7) is 1.65. The van der Waals surface area contributed by atoms with Gasteiger partial charge in [-0.15, -0.1) is 0 Å². The van der Waals surface area contributed by atoms with Crippen molar-refractivity contribution in [3.8, 4) is 0 Å². The molecule has 4 rings (SSSR count). The van der Waals surface area contributed by atoms with Crippen LogP contribution in [0.4, 0.5) is 10.1 Å². The molecule has 9 heteroatoms. The van der Waals surface area contributed by atoms with Crippen molar-refractivity contribution in [3.05, 3.63) is 94.2 Å².